The van der Waals surface area contributed by atoms with Crippen molar-refractivity contribution in [3.8, 4) is 0 Å². The Morgan fingerprint density at radius 2 is 2.00 bits per heavy atom. The van der Waals surface area contributed by atoms with Gasteiger partial charge in [-0.3, -0.25) is 9.59 Å². The maximum atomic E-state index is 10.5. The topological polar surface area (TPSA) is 34.1 Å². The van der Waals surface area contributed by atoms with Crippen molar-refractivity contribution in [2.45, 2.75) is 12.8 Å². The van der Waals surface area contributed by atoms with Crippen LogP contribution in [0.3, 0.4) is 0 Å². The molecular formula is C6H4O2S. The Balaban J connectivity index is 2.64. The van der Waals surface area contributed by atoms with E-state index in [4.69, 9.17) is 0 Å². The smallest absolute Gasteiger partial charge is 0.212 e. The van der Waals surface area contributed by atoms with Crippen molar-refractivity contribution in [1.82, 2.24) is 0 Å². The number of Topliss-reactive ketones (excluding diaryl/α,β-unsaturated/α-hetero) is 2. The summed E-state index contributed by atoms with van der Waals surface area (Å²) in [5.74, 6) is -0.935. The van der Waals surface area contributed by atoms with Crippen molar-refractivity contribution in [3.63, 3.8) is 0 Å². The summed E-state index contributed by atoms with van der Waals surface area (Å²) in [5, 5.41) is 0. The minimum absolute atomic E-state index is 0.269. The van der Waals surface area contributed by atoms with E-state index in [1.165, 1.54) is 0 Å². The van der Waals surface area contributed by atoms with Crippen LogP contribution in [0.1, 0.15) is 12.8 Å². The Morgan fingerprint density at radius 1 is 1.33 bits per heavy atom. The van der Waals surface area contributed by atoms with E-state index in [1.807, 2.05) is 0 Å². The van der Waals surface area contributed by atoms with Gasteiger partial charge in [-0.2, -0.15) is 0 Å². The molecular weight excluding hydrogens is 136 g/mol. The number of carbonyl (C=O) groups is 2. The quantitative estimate of drug-likeness (QED) is 0.360. The summed E-state index contributed by atoms with van der Waals surface area (Å²) in [4.78, 5) is 21.4. The highest BCUT2D eigenvalue weighted by molar-refractivity contribution is 7.80. The van der Waals surface area contributed by atoms with E-state index in [9.17, 15) is 9.59 Å². The second-order valence-corrected chi connectivity index (χ2v) is 2.29. The monoisotopic (exact) mass is 140 g/mol. The number of ketones is 2. The Hall–Kier alpha value is -0.570. The molecule has 3 heteroatoms. The molecule has 0 atom stereocenters. The molecule has 9 heavy (non-hydrogen) atoms. The van der Waals surface area contributed by atoms with Gasteiger partial charge in [-0.1, -0.05) is 12.2 Å². The molecule has 0 saturated heterocycles. The maximum absolute atomic E-state index is 10.5. The number of hydrogen-bond donors (Lipinski definition) is 0. The van der Waals surface area contributed by atoms with Gasteiger partial charge >= 0.3 is 0 Å². The Kier molecular flexibility index (Phi) is 1.71. The van der Waals surface area contributed by atoms with E-state index in [0.717, 1.165) is 0 Å². The summed E-state index contributed by atoms with van der Waals surface area (Å²) in [5.41, 5.74) is 0. The molecule has 0 aromatic rings. The highest BCUT2D eigenvalue weighted by Gasteiger charge is 2.22. The predicted octanol–water partition coefficient (Wildman–Crippen LogP) is 0.370. The van der Waals surface area contributed by atoms with Gasteiger partial charge in [-0.25, -0.2) is 0 Å². The zero-order chi connectivity index (χ0) is 6.85. The highest BCUT2D eigenvalue weighted by atomic mass is 32.1. The fourth-order valence-electron chi connectivity index (χ4n) is 0.599. The second kappa shape index (κ2) is 2.35. The van der Waals surface area contributed by atoms with Gasteiger partial charge in [0, 0.05) is 11.3 Å². The molecule has 0 aromatic carbocycles. The lowest BCUT2D eigenvalue weighted by Gasteiger charge is -2.05. The minimum Gasteiger partial charge on any atom is -0.291 e. The van der Waals surface area contributed by atoms with Gasteiger partial charge in [-0.05, 0) is 6.42 Å². The summed E-state index contributed by atoms with van der Waals surface area (Å²) in [6.07, 6.45) is 3.05. The molecule has 0 bridgehead atoms. The minimum atomic E-state index is -0.564. The van der Waals surface area contributed by atoms with Crippen molar-refractivity contribution < 1.29 is 9.59 Å². The molecule has 0 spiro atoms. The molecule has 0 aliphatic heterocycles. The summed E-state index contributed by atoms with van der Waals surface area (Å²) in [7, 11) is 0. The van der Waals surface area contributed by atoms with Crippen molar-refractivity contribution in [2.24, 2.45) is 0 Å². The molecule has 0 heterocycles. The molecule has 1 fully saturated rings. The fraction of sp³-hybridized carbons (Fsp3) is 0.333. The van der Waals surface area contributed by atoms with Gasteiger partial charge in [0.2, 0.25) is 5.78 Å². The van der Waals surface area contributed by atoms with E-state index >= 15 is 0 Å². The zero-order valence-corrected chi connectivity index (χ0v) is 5.46. The first-order valence-electron chi connectivity index (χ1n) is 2.57. The molecule has 46 valence electrons. The van der Waals surface area contributed by atoms with Crippen LogP contribution < -0.4 is 0 Å². The van der Waals surface area contributed by atoms with Gasteiger partial charge in [0.15, 0.2) is 5.78 Å². The first-order valence-corrected chi connectivity index (χ1v) is 2.98. The predicted molar refractivity (Wildman–Crippen MR) is 35.1 cm³/mol. The molecule has 2 radical (unpaired) electrons. The summed E-state index contributed by atoms with van der Waals surface area (Å²) in [6, 6.07) is 0. The van der Waals surface area contributed by atoms with Gasteiger partial charge in [0.1, 0.15) is 6.42 Å². The van der Waals surface area contributed by atoms with E-state index in [1.54, 1.807) is 0 Å². The summed E-state index contributed by atoms with van der Waals surface area (Å²) >= 11 is 4.65. The van der Waals surface area contributed by atoms with Crippen molar-refractivity contribution in [2.75, 3.05) is 0 Å². The van der Waals surface area contributed by atoms with E-state index < -0.39 is 5.78 Å². The van der Waals surface area contributed by atoms with Crippen molar-refractivity contribution >= 4 is 28.6 Å². The molecule has 0 aromatic heterocycles. The third kappa shape index (κ3) is 1.42. The third-order valence-electron chi connectivity index (χ3n) is 1.09. The van der Waals surface area contributed by atoms with Gasteiger partial charge in [0.05, 0.1) is 0 Å². The van der Waals surface area contributed by atoms with Gasteiger partial charge in [0.25, 0.3) is 0 Å². The summed E-state index contributed by atoms with van der Waals surface area (Å²) in [6.45, 7) is 0. The Bertz CT molecular complexity index is 183. The normalized spacial score (nSPS) is 20.7. The van der Waals surface area contributed by atoms with Crippen LogP contribution in [0.5, 0.6) is 0 Å². The molecule has 1 saturated carbocycles. The Labute approximate surface area is 58.2 Å². The number of rotatable bonds is 0. The van der Waals surface area contributed by atoms with Crippen molar-refractivity contribution in [3.05, 3.63) is 6.42 Å². The van der Waals surface area contributed by atoms with E-state index in [0.29, 0.717) is 11.3 Å². The maximum Gasteiger partial charge on any atom is 0.212 e. The lowest BCUT2D eigenvalue weighted by Crippen LogP contribution is -2.24. The molecule has 1 rings (SSSR count). The van der Waals surface area contributed by atoms with Crippen LogP contribution in [0.2, 0.25) is 0 Å². The number of hydrogen-bond acceptors (Lipinski definition) is 3. The zero-order valence-electron chi connectivity index (χ0n) is 4.64. The standard InChI is InChI=1S/C6H4O2S/c7-5-2-1-4(9)3-6(5)8/h1-2H2. The number of carbonyl (C=O) groups excluding carboxylic acids is 2. The van der Waals surface area contributed by atoms with Crippen LogP contribution in [0.4, 0.5) is 0 Å². The van der Waals surface area contributed by atoms with Crippen LogP contribution in [0.15, 0.2) is 0 Å². The van der Waals surface area contributed by atoms with Gasteiger partial charge in [-0.15, -0.1) is 0 Å². The molecule has 1 aliphatic rings. The second-order valence-electron chi connectivity index (χ2n) is 1.80. The molecule has 2 nitrogen and oxygen atoms in total. The van der Waals surface area contributed by atoms with Crippen molar-refractivity contribution in [1.29, 1.82) is 0 Å². The fourth-order valence-corrected chi connectivity index (χ4v) is 0.794. The van der Waals surface area contributed by atoms with Crippen LogP contribution in [-0.2, 0) is 9.59 Å². The molecule has 0 N–H and O–H groups in total. The first-order chi connectivity index (χ1) is 4.20. The van der Waals surface area contributed by atoms with Crippen LogP contribution in [-0.4, -0.2) is 16.4 Å². The van der Waals surface area contributed by atoms with Gasteiger partial charge < -0.3 is 0 Å². The average molecular weight is 140 g/mol. The van der Waals surface area contributed by atoms with Crippen LogP contribution >= 0.6 is 12.2 Å². The average Bonchev–Trinajstić information content (AvgIpc) is 1.80. The van der Waals surface area contributed by atoms with E-state index in [2.05, 4.69) is 18.6 Å². The largest absolute Gasteiger partial charge is 0.291 e. The third-order valence-corrected chi connectivity index (χ3v) is 1.39. The summed E-state index contributed by atoms with van der Waals surface area (Å²) < 4.78 is 0. The SMILES string of the molecule is O=C1[C]C(=S)CCC1=O. The number of thiocarbonyl (C=S) groups is 1. The van der Waals surface area contributed by atoms with Crippen LogP contribution in [0, 0.1) is 6.42 Å². The first kappa shape index (κ1) is 6.55. The molecule has 0 unspecified atom stereocenters. The Morgan fingerprint density at radius 3 is 2.44 bits per heavy atom. The van der Waals surface area contributed by atoms with E-state index in [-0.39, 0.29) is 12.2 Å². The molecule has 1 aliphatic carbocycles. The lowest BCUT2D eigenvalue weighted by molar-refractivity contribution is -0.134. The van der Waals surface area contributed by atoms with Crippen LogP contribution in [0.25, 0.3) is 0 Å². The molecule has 0 amide bonds. The lowest BCUT2D eigenvalue weighted by atomic mass is 9.98. The highest BCUT2D eigenvalue weighted by Crippen LogP contribution is 2.07.